The number of hydrogen-bond acceptors (Lipinski definition) is 4. The van der Waals surface area contributed by atoms with Crippen LogP contribution in [0.5, 0.6) is 0 Å². The van der Waals surface area contributed by atoms with Crippen molar-refractivity contribution in [3.63, 3.8) is 0 Å². The highest BCUT2D eigenvalue weighted by Gasteiger charge is 2.12. The molecular formula is C19H15F2N3O2S. The van der Waals surface area contributed by atoms with Crippen LogP contribution in [0.2, 0.25) is 0 Å². The molecule has 1 amide bonds. The lowest BCUT2D eigenvalue weighted by Crippen LogP contribution is -2.22. The van der Waals surface area contributed by atoms with Gasteiger partial charge in [-0.05, 0) is 36.8 Å². The second-order valence-corrected chi connectivity index (χ2v) is 6.67. The van der Waals surface area contributed by atoms with Crippen molar-refractivity contribution >= 4 is 23.4 Å². The third-order valence-electron chi connectivity index (χ3n) is 3.63. The van der Waals surface area contributed by atoms with E-state index in [1.807, 2.05) is 25.1 Å². The van der Waals surface area contributed by atoms with Gasteiger partial charge in [0, 0.05) is 24.1 Å². The van der Waals surface area contributed by atoms with Crippen LogP contribution in [0.4, 0.5) is 14.5 Å². The number of halogens is 2. The quantitative estimate of drug-likeness (QED) is 0.680. The van der Waals surface area contributed by atoms with Crippen molar-refractivity contribution in [1.29, 1.82) is 0 Å². The second-order valence-electron chi connectivity index (χ2n) is 5.71. The van der Waals surface area contributed by atoms with Gasteiger partial charge in [0.1, 0.15) is 11.6 Å². The summed E-state index contributed by atoms with van der Waals surface area (Å²) < 4.78 is 27.9. The fourth-order valence-corrected chi connectivity index (χ4v) is 3.08. The van der Waals surface area contributed by atoms with E-state index in [9.17, 15) is 18.4 Å². The zero-order valence-corrected chi connectivity index (χ0v) is 15.1. The Balaban J connectivity index is 1.72. The molecule has 1 N–H and O–H groups in total. The Hall–Kier alpha value is -3.00. The van der Waals surface area contributed by atoms with Gasteiger partial charge >= 0.3 is 0 Å². The van der Waals surface area contributed by atoms with Crippen LogP contribution in [0, 0.1) is 18.6 Å². The molecule has 5 nitrogen and oxygen atoms in total. The maximum absolute atomic E-state index is 13.6. The van der Waals surface area contributed by atoms with Crippen LogP contribution in [0.15, 0.2) is 64.7 Å². The van der Waals surface area contributed by atoms with Crippen LogP contribution in [0.1, 0.15) is 5.56 Å². The number of benzene rings is 2. The summed E-state index contributed by atoms with van der Waals surface area (Å²) in [4.78, 5) is 28.6. The summed E-state index contributed by atoms with van der Waals surface area (Å²) in [6.45, 7) is 1.92. The Bertz CT molecular complexity index is 1050. The second kappa shape index (κ2) is 8.13. The predicted molar refractivity (Wildman–Crippen MR) is 100 cm³/mol. The van der Waals surface area contributed by atoms with Crippen molar-refractivity contribution < 1.29 is 13.6 Å². The summed E-state index contributed by atoms with van der Waals surface area (Å²) in [7, 11) is 0. The first-order chi connectivity index (χ1) is 12.9. The fourth-order valence-electron chi connectivity index (χ4n) is 2.38. The Kier molecular flexibility index (Phi) is 5.66. The van der Waals surface area contributed by atoms with Gasteiger partial charge < -0.3 is 5.32 Å². The molecule has 0 spiro atoms. The van der Waals surface area contributed by atoms with Gasteiger partial charge in [0.2, 0.25) is 5.91 Å². The minimum Gasteiger partial charge on any atom is -0.323 e. The van der Waals surface area contributed by atoms with Gasteiger partial charge in [-0.2, -0.15) is 0 Å². The van der Waals surface area contributed by atoms with E-state index in [2.05, 4.69) is 10.3 Å². The highest BCUT2D eigenvalue weighted by atomic mass is 32.2. The van der Waals surface area contributed by atoms with E-state index in [-0.39, 0.29) is 22.0 Å². The molecule has 1 heterocycles. The summed E-state index contributed by atoms with van der Waals surface area (Å²) in [5.41, 5.74) is 1.22. The first-order valence-electron chi connectivity index (χ1n) is 7.96. The predicted octanol–water partition coefficient (Wildman–Crippen LogP) is 3.55. The van der Waals surface area contributed by atoms with Gasteiger partial charge in [0.25, 0.3) is 5.56 Å². The SMILES string of the molecule is Cc1cccc(-n2ccnc(SCC(=O)Nc3ccc(F)cc3F)c2=O)c1. The topological polar surface area (TPSA) is 64.0 Å². The van der Waals surface area contributed by atoms with E-state index in [1.165, 1.54) is 10.8 Å². The number of amides is 1. The lowest BCUT2D eigenvalue weighted by atomic mass is 10.2. The summed E-state index contributed by atoms with van der Waals surface area (Å²) in [6.07, 6.45) is 3.03. The maximum atomic E-state index is 13.6. The zero-order chi connectivity index (χ0) is 19.4. The number of hydrogen-bond donors (Lipinski definition) is 1. The van der Waals surface area contributed by atoms with E-state index in [0.29, 0.717) is 11.8 Å². The van der Waals surface area contributed by atoms with Crippen LogP contribution >= 0.6 is 11.8 Å². The molecule has 0 unspecified atom stereocenters. The molecular weight excluding hydrogens is 372 g/mol. The van der Waals surface area contributed by atoms with Crippen molar-refractivity contribution in [2.45, 2.75) is 11.9 Å². The summed E-state index contributed by atoms with van der Waals surface area (Å²) in [6, 6.07) is 10.3. The molecule has 1 aromatic heterocycles. The molecule has 0 saturated carbocycles. The number of carbonyl (C=O) groups is 1. The minimum absolute atomic E-state index is 0.125. The average molecular weight is 387 g/mol. The molecule has 0 aliphatic rings. The standard InChI is InChI=1S/C19H15F2N3O2S/c1-12-3-2-4-14(9-12)24-8-7-22-18(19(24)26)27-11-17(25)23-16-6-5-13(20)10-15(16)21/h2-10H,11H2,1H3,(H,23,25). The first kappa shape index (κ1) is 18.8. The number of nitrogens with zero attached hydrogens (tertiary/aromatic N) is 2. The Morgan fingerprint density at radius 2 is 2.04 bits per heavy atom. The molecule has 3 rings (SSSR count). The molecule has 3 aromatic rings. The molecule has 138 valence electrons. The average Bonchev–Trinajstić information content (AvgIpc) is 2.63. The minimum atomic E-state index is -0.868. The number of aromatic nitrogens is 2. The molecule has 0 bridgehead atoms. The monoisotopic (exact) mass is 387 g/mol. The van der Waals surface area contributed by atoms with E-state index in [0.717, 1.165) is 29.5 Å². The molecule has 0 radical (unpaired) electrons. The molecule has 0 aliphatic carbocycles. The smallest absolute Gasteiger partial charge is 0.287 e. The summed E-state index contributed by atoms with van der Waals surface area (Å²) >= 11 is 0.943. The number of rotatable bonds is 5. The van der Waals surface area contributed by atoms with E-state index < -0.39 is 17.5 Å². The fraction of sp³-hybridized carbons (Fsp3) is 0.105. The highest BCUT2D eigenvalue weighted by molar-refractivity contribution is 7.99. The Labute approximate surface area is 158 Å². The van der Waals surface area contributed by atoms with Gasteiger partial charge in [-0.15, -0.1) is 0 Å². The van der Waals surface area contributed by atoms with E-state index >= 15 is 0 Å². The van der Waals surface area contributed by atoms with Crippen molar-refractivity contribution in [2.24, 2.45) is 0 Å². The van der Waals surface area contributed by atoms with Crippen molar-refractivity contribution in [1.82, 2.24) is 9.55 Å². The molecule has 0 saturated heterocycles. The van der Waals surface area contributed by atoms with Gasteiger partial charge in [-0.1, -0.05) is 23.9 Å². The largest absolute Gasteiger partial charge is 0.323 e. The lowest BCUT2D eigenvalue weighted by molar-refractivity contribution is -0.113. The Morgan fingerprint density at radius 1 is 1.22 bits per heavy atom. The third-order valence-corrected chi connectivity index (χ3v) is 4.59. The maximum Gasteiger partial charge on any atom is 0.287 e. The van der Waals surface area contributed by atoms with Crippen LogP contribution in [0.25, 0.3) is 5.69 Å². The molecule has 0 aliphatic heterocycles. The normalized spacial score (nSPS) is 10.6. The molecule has 8 heteroatoms. The van der Waals surface area contributed by atoms with Gasteiger partial charge in [0.15, 0.2) is 5.03 Å². The van der Waals surface area contributed by atoms with Crippen LogP contribution < -0.4 is 10.9 Å². The molecule has 0 fully saturated rings. The molecule has 2 aromatic carbocycles. The number of thioether (sulfide) groups is 1. The highest BCUT2D eigenvalue weighted by Crippen LogP contribution is 2.17. The van der Waals surface area contributed by atoms with E-state index in [4.69, 9.17) is 0 Å². The number of anilines is 1. The number of aryl methyl sites for hydroxylation is 1. The van der Waals surface area contributed by atoms with Crippen molar-refractivity contribution in [3.05, 3.63) is 82.4 Å². The van der Waals surface area contributed by atoms with Gasteiger partial charge in [0.05, 0.1) is 11.4 Å². The Morgan fingerprint density at radius 3 is 2.78 bits per heavy atom. The third kappa shape index (κ3) is 4.59. The number of carbonyl (C=O) groups excluding carboxylic acids is 1. The van der Waals surface area contributed by atoms with Crippen molar-refractivity contribution in [3.8, 4) is 5.69 Å². The van der Waals surface area contributed by atoms with E-state index in [1.54, 1.807) is 12.3 Å². The molecule has 27 heavy (non-hydrogen) atoms. The van der Waals surface area contributed by atoms with Gasteiger partial charge in [-0.25, -0.2) is 13.8 Å². The lowest BCUT2D eigenvalue weighted by Gasteiger charge is -2.08. The molecule has 0 atom stereocenters. The summed E-state index contributed by atoms with van der Waals surface area (Å²) in [5, 5.41) is 2.49. The van der Waals surface area contributed by atoms with Crippen LogP contribution in [0.3, 0.4) is 0 Å². The van der Waals surface area contributed by atoms with Crippen molar-refractivity contribution in [2.75, 3.05) is 11.1 Å². The first-order valence-corrected chi connectivity index (χ1v) is 8.95. The summed E-state index contributed by atoms with van der Waals surface area (Å²) in [5.74, 6) is -2.27. The zero-order valence-electron chi connectivity index (χ0n) is 14.3. The van der Waals surface area contributed by atoms with Crippen LogP contribution in [-0.2, 0) is 4.79 Å². The number of nitrogens with one attached hydrogen (secondary N) is 1. The van der Waals surface area contributed by atoms with Gasteiger partial charge in [-0.3, -0.25) is 14.2 Å². The van der Waals surface area contributed by atoms with Crippen LogP contribution in [-0.4, -0.2) is 21.2 Å².